The first kappa shape index (κ1) is 18.9. The number of nitrogens with zero attached hydrogens (tertiary/aromatic N) is 1. The summed E-state index contributed by atoms with van der Waals surface area (Å²) in [4.78, 5) is 38.3. The number of carbonyl (C=O) groups excluding carboxylic acids is 3. The molecule has 1 aromatic rings. The van der Waals surface area contributed by atoms with Crippen LogP contribution in [0.15, 0.2) is 18.2 Å². The van der Waals surface area contributed by atoms with Gasteiger partial charge < -0.3 is 19.7 Å². The Kier molecular flexibility index (Phi) is 6.52. The fourth-order valence-corrected chi connectivity index (χ4v) is 2.84. The molecule has 0 aromatic heterocycles. The molecule has 1 fully saturated rings. The molecular formula is C18H24N2O5. The molecule has 0 aliphatic carbocycles. The number of hydrogen-bond acceptors (Lipinski definition) is 6. The zero-order valence-corrected chi connectivity index (χ0v) is 14.8. The van der Waals surface area contributed by atoms with E-state index < -0.39 is 11.9 Å². The summed E-state index contributed by atoms with van der Waals surface area (Å²) in [6.45, 7) is 2.61. The molecule has 1 amide bonds. The first-order valence-electron chi connectivity index (χ1n) is 8.23. The maximum atomic E-state index is 12.5. The Hall–Kier alpha value is -2.41. The third-order valence-corrected chi connectivity index (χ3v) is 4.43. The maximum Gasteiger partial charge on any atom is 0.337 e. The highest BCUT2D eigenvalue weighted by Crippen LogP contribution is 2.16. The SMILES string of the molecule is COC(=O)c1cc(C(=O)NCC2CCN(C)CC2)cc(C(=O)OC)c1. The number of piperidine rings is 1. The highest BCUT2D eigenvalue weighted by molar-refractivity contribution is 6.02. The van der Waals surface area contributed by atoms with Gasteiger partial charge in [-0.3, -0.25) is 4.79 Å². The van der Waals surface area contributed by atoms with Gasteiger partial charge in [-0.25, -0.2) is 9.59 Å². The van der Waals surface area contributed by atoms with Gasteiger partial charge in [-0.2, -0.15) is 0 Å². The van der Waals surface area contributed by atoms with Crippen LogP contribution in [0.3, 0.4) is 0 Å². The number of benzene rings is 1. The van der Waals surface area contributed by atoms with E-state index in [-0.39, 0.29) is 22.6 Å². The van der Waals surface area contributed by atoms with Crippen molar-refractivity contribution in [2.24, 2.45) is 5.92 Å². The lowest BCUT2D eigenvalue weighted by Gasteiger charge is -2.28. The van der Waals surface area contributed by atoms with Crippen molar-refractivity contribution in [3.63, 3.8) is 0 Å². The van der Waals surface area contributed by atoms with Crippen molar-refractivity contribution >= 4 is 17.8 Å². The summed E-state index contributed by atoms with van der Waals surface area (Å²) >= 11 is 0. The molecule has 7 nitrogen and oxygen atoms in total. The fraction of sp³-hybridized carbons (Fsp3) is 0.500. The van der Waals surface area contributed by atoms with Crippen molar-refractivity contribution in [1.29, 1.82) is 0 Å². The third kappa shape index (κ3) is 5.03. The lowest BCUT2D eigenvalue weighted by molar-refractivity contribution is 0.0599. The number of rotatable bonds is 5. The Bertz CT molecular complexity index is 617. The quantitative estimate of drug-likeness (QED) is 0.808. The minimum atomic E-state index is -0.616. The summed E-state index contributed by atoms with van der Waals surface area (Å²) in [5.74, 6) is -1.12. The number of ether oxygens (including phenoxy) is 2. The molecule has 2 rings (SSSR count). The van der Waals surface area contributed by atoms with Crippen LogP contribution < -0.4 is 5.32 Å². The maximum absolute atomic E-state index is 12.5. The van der Waals surface area contributed by atoms with Gasteiger partial charge in [0, 0.05) is 12.1 Å². The van der Waals surface area contributed by atoms with Crippen molar-refractivity contribution < 1.29 is 23.9 Å². The van der Waals surface area contributed by atoms with Crippen molar-refractivity contribution in [2.75, 3.05) is 40.9 Å². The Labute approximate surface area is 147 Å². The second-order valence-corrected chi connectivity index (χ2v) is 6.24. The van der Waals surface area contributed by atoms with Crippen molar-refractivity contribution in [3.05, 3.63) is 34.9 Å². The number of likely N-dealkylation sites (tertiary alicyclic amines) is 1. The number of amides is 1. The zero-order chi connectivity index (χ0) is 18.4. The van der Waals surface area contributed by atoms with Crippen LogP contribution in [0.5, 0.6) is 0 Å². The molecule has 1 N–H and O–H groups in total. The van der Waals surface area contributed by atoms with Crippen molar-refractivity contribution in [3.8, 4) is 0 Å². The first-order chi connectivity index (χ1) is 11.9. The third-order valence-electron chi connectivity index (χ3n) is 4.43. The largest absolute Gasteiger partial charge is 0.465 e. The molecule has 0 spiro atoms. The van der Waals surface area contributed by atoms with Crippen molar-refractivity contribution in [1.82, 2.24) is 10.2 Å². The molecule has 0 bridgehead atoms. The van der Waals surface area contributed by atoms with E-state index in [9.17, 15) is 14.4 Å². The lowest BCUT2D eigenvalue weighted by atomic mass is 9.97. The molecule has 25 heavy (non-hydrogen) atoms. The fourth-order valence-electron chi connectivity index (χ4n) is 2.84. The van der Waals surface area contributed by atoms with Gasteiger partial charge in [-0.15, -0.1) is 0 Å². The van der Waals surface area contributed by atoms with E-state index in [1.54, 1.807) is 0 Å². The van der Waals surface area contributed by atoms with Crippen LogP contribution in [0.4, 0.5) is 0 Å². The predicted molar refractivity (Wildman–Crippen MR) is 91.7 cm³/mol. The van der Waals surface area contributed by atoms with Gasteiger partial charge in [-0.1, -0.05) is 0 Å². The Morgan fingerprint density at radius 2 is 1.48 bits per heavy atom. The predicted octanol–water partition coefficient (Wildman–Crippen LogP) is 1.33. The van der Waals surface area contributed by atoms with E-state index in [1.807, 2.05) is 0 Å². The summed E-state index contributed by atoms with van der Waals surface area (Å²) < 4.78 is 9.35. The van der Waals surface area contributed by atoms with Crippen LogP contribution in [-0.2, 0) is 9.47 Å². The monoisotopic (exact) mass is 348 g/mol. The molecule has 0 radical (unpaired) electrons. The molecule has 7 heteroatoms. The van der Waals surface area contributed by atoms with Crippen LogP contribution in [0.1, 0.15) is 43.9 Å². The number of hydrogen-bond donors (Lipinski definition) is 1. The molecular weight excluding hydrogens is 324 g/mol. The zero-order valence-electron chi connectivity index (χ0n) is 14.8. The van der Waals surface area contributed by atoms with E-state index in [2.05, 4.69) is 26.7 Å². The summed E-state index contributed by atoms with van der Waals surface area (Å²) in [5, 5.41) is 2.89. The molecule has 0 saturated carbocycles. The molecule has 1 saturated heterocycles. The summed E-state index contributed by atoms with van der Waals surface area (Å²) in [5.41, 5.74) is 0.501. The van der Waals surface area contributed by atoms with Crippen LogP contribution in [0.25, 0.3) is 0 Å². The van der Waals surface area contributed by atoms with Gasteiger partial charge in [-0.05, 0) is 57.1 Å². The lowest BCUT2D eigenvalue weighted by Crippen LogP contribution is -2.37. The molecule has 136 valence electrons. The standard InChI is InChI=1S/C18H24N2O5/c1-20-6-4-12(5-7-20)11-19-16(21)13-8-14(17(22)24-2)10-15(9-13)18(23)25-3/h8-10,12H,4-7,11H2,1-3H3,(H,19,21). The highest BCUT2D eigenvalue weighted by atomic mass is 16.5. The van der Waals surface area contributed by atoms with Gasteiger partial charge >= 0.3 is 11.9 Å². The Morgan fingerprint density at radius 1 is 1.00 bits per heavy atom. The van der Waals surface area contributed by atoms with E-state index in [0.29, 0.717) is 12.5 Å². The van der Waals surface area contributed by atoms with E-state index in [4.69, 9.17) is 0 Å². The Balaban J connectivity index is 2.11. The smallest absolute Gasteiger partial charge is 0.337 e. The van der Waals surface area contributed by atoms with Crippen LogP contribution in [-0.4, -0.2) is 63.6 Å². The molecule has 1 aliphatic rings. The minimum Gasteiger partial charge on any atom is -0.465 e. The van der Waals surface area contributed by atoms with Crippen LogP contribution in [0.2, 0.25) is 0 Å². The number of carbonyl (C=O) groups is 3. The van der Waals surface area contributed by atoms with Gasteiger partial charge in [0.1, 0.15) is 0 Å². The second kappa shape index (κ2) is 8.62. The summed E-state index contributed by atoms with van der Waals surface area (Å²) in [6, 6.07) is 4.19. The molecule has 1 aliphatic heterocycles. The molecule has 0 unspecified atom stereocenters. The summed E-state index contributed by atoms with van der Waals surface area (Å²) in [6.07, 6.45) is 2.07. The molecule has 0 atom stereocenters. The first-order valence-corrected chi connectivity index (χ1v) is 8.23. The normalized spacial score (nSPS) is 15.5. The van der Waals surface area contributed by atoms with Gasteiger partial charge in [0.15, 0.2) is 0 Å². The van der Waals surface area contributed by atoms with Crippen molar-refractivity contribution in [2.45, 2.75) is 12.8 Å². The second-order valence-electron chi connectivity index (χ2n) is 6.24. The molecule has 1 aromatic carbocycles. The molecule has 1 heterocycles. The number of methoxy groups -OCH3 is 2. The highest BCUT2D eigenvalue weighted by Gasteiger charge is 2.20. The van der Waals surface area contributed by atoms with Gasteiger partial charge in [0.05, 0.1) is 25.3 Å². The van der Waals surface area contributed by atoms with Gasteiger partial charge in [0.25, 0.3) is 5.91 Å². The Morgan fingerprint density at radius 3 is 1.96 bits per heavy atom. The number of nitrogens with one attached hydrogen (secondary N) is 1. The average molecular weight is 348 g/mol. The van der Waals surface area contributed by atoms with E-state index in [1.165, 1.54) is 32.4 Å². The van der Waals surface area contributed by atoms with E-state index >= 15 is 0 Å². The van der Waals surface area contributed by atoms with Crippen LogP contribution in [0, 0.1) is 5.92 Å². The average Bonchev–Trinajstić information content (AvgIpc) is 2.65. The topological polar surface area (TPSA) is 84.9 Å². The van der Waals surface area contributed by atoms with Gasteiger partial charge in [0.2, 0.25) is 0 Å². The minimum absolute atomic E-state index is 0.134. The van der Waals surface area contributed by atoms with Crippen LogP contribution >= 0.6 is 0 Å². The number of esters is 2. The van der Waals surface area contributed by atoms with E-state index in [0.717, 1.165) is 25.9 Å². The summed E-state index contributed by atoms with van der Waals surface area (Å²) in [7, 11) is 4.57.